The van der Waals surface area contributed by atoms with Gasteiger partial charge in [-0.05, 0) is 43.9 Å². The third kappa shape index (κ3) is 2.18. The molecule has 0 radical (unpaired) electrons. The van der Waals surface area contributed by atoms with Gasteiger partial charge in [0.25, 0.3) is 0 Å². The zero-order valence-electron chi connectivity index (χ0n) is 12.3. The van der Waals surface area contributed by atoms with Crippen LogP contribution in [0.5, 0.6) is 0 Å². The molecule has 0 aliphatic heterocycles. The number of fused-ring (bicyclic) bond motifs is 1. The molecule has 0 atom stereocenters. The number of rotatable bonds is 3. The molecule has 1 heterocycles. The zero-order valence-corrected chi connectivity index (χ0v) is 13.1. The number of imidazole rings is 1. The number of hydrogen-bond donors (Lipinski definition) is 1. The first kappa shape index (κ1) is 13.6. The second kappa shape index (κ2) is 4.99. The van der Waals surface area contributed by atoms with Crippen molar-refractivity contribution in [1.82, 2.24) is 9.55 Å². The van der Waals surface area contributed by atoms with Gasteiger partial charge in [0, 0.05) is 23.0 Å². The van der Waals surface area contributed by atoms with Crippen molar-refractivity contribution in [3.05, 3.63) is 29.0 Å². The van der Waals surface area contributed by atoms with Crippen LogP contribution >= 0.6 is 11.6 Å². The van der Waals surface area contributed by atoms with Crippen LogP contribution in [0.4, 0.5) is 0 Å². The highest BCUT2D eigenvalue weighted by Gasteiger charge is 2.40. The van der Waals surface area contributed by atoms with E-state index in [-0.39, 0.29) is 5.41 Å². The number of halogens is 1. The highest BCUT2D eigenvalue weighted by atomic mass is 35.5. The summed E-state index contributed by atoms with van der Waals surface area (Å²) >= 11 is 6.16. The predicted molar refractivity (Wildman–Crippen MR) is 86.8 cm³/mol. The molecule has 4 heteroatoms. The molecule has 4 rings (SSSR count). The Bertz CT molecular complexity index is 666. The van der Waals surface area contributed by atoms with Crippen molar-refractivity contribution < 1.29 is 0 Å². The molecule has 2 aliphatic rings. The highest BCUT2D eigenvalue weighted by Crippen LogP contribution is 2.45. The Morgan fingerprint density at radius 2 is 2.00 bits per heavy atom. The van der Waals surface area contributed by atoms with Crippen molar-refractivity contribution in [3.63, 3.8) is 0 Å². The summed E-state index contributed by atoms with van der Waals surface area (Å²) in [5.74, 6) is 1.23. The van der Waals surface area contributed by atoms with Gasteiger partial charge in [-0.3, -0.25) is 0 Å². The zero-order chi connectivity index (χ0) is 14.4. The van der Waals surface area contributed by atoms with Gasteiger partial charge in [0.1, 0.15) is 5.82 Å². The van der Waals surface area contributed by atoms with Crippen LogP contribution in [0.1, 0.15) is 56.8 Å². The van der Waals surface area contributed by atoms with Gasteiger partial charge in [0.2, 0.25) is 0 Å². The number of hydrogen-bond acceptors (Lipinski definition) is 2. The lowest BCUT2D eigenvalue weighted by Gasteiger charge is -2.36. The molecule has 3 nitrogen and oxygen atoms in total. The Balaban J connectivity index is 1.92. The molecule has 0 amide bonds. The van der Waals surface area contributed by atoms with Crippen LogP contribution in [-0.4, -0.2) is 16.1 Å². The topological polar surface area (TPSA) is 43.8 Å². The molecule has 0 saturated heterocycles. The van der Waals surface area contributed by atoms with E-state index in [2.05, 4.69) is 10.6 Å². The van der Waals surface area contributed by atoms with Crippen molar-refractivity contribution >= 4 is 22.6 Å². The second-order valence-electron chi connectivity index (χ2n) is 6.71. The van der Waals surface area contributed by atoms with E-state index in [1.165, 1.54) is 56.3 Å². The number of nitrogens with zero attached hydrogens (tertiary/aromatic N) is 2. The van der Waals surface area contributed by atoms with Crippen LogP contribution in [0.3, 0.4) is 0 Å². The fourth-order valence-corrected chi connectivity index (χ4v) is 4.06. The van der Waals surface area contributed by atoms with Crippen LogP contribution in [0.15, 0.2) is 18.2 Å². The van der Waals surface area contributed by atoms with E-state index >= 15 is 0 Å². The van der Waals surface area contributed by atoms with Crippen LogP contribution in [0, 0.1) is 0 Å². The van der Waals surface area contributed by atoms with Gasteiger partial charge in [0.05, 0.1) is 11.0 Å². The van der Waals surface area contributed by atoms with Crippen LogP contribution in [0.25, 0.3) is 11.0 Å². The smallest absolute Gasteiger partial charge is 0.117 e. The highest BCUT2D eigenvalue weighted by molar-refractivity contribution is 6.31. The lowest BCUT2D eigenvalue weighted by molar-refractivity contribution is 0.278. The molecule has 2 fully saturated rings. The van der Waals surface area contributed by atoms with E-state index in [1.807, 2.05) is 12.1 Å². The molecule has 0 spiro atoms. The maximum Gasteiger partial charge on any atom is 0.117 e. The summed E-state index contributed by atoms with van der Waals surface area (Å²) in [6, 6.07) is 6.72. The monoisotopic (exact) mass is 303 g/mol. The van der Waals surface area contributed by atoms with Crippen molar-refractivity contribution in [2.45, 2.75) is 56.4 Å². The van der Waals surface area contributed by atoms with Crippen LogP contribution in [-0.2, 0) is 5.41 Å². The van der Waals surface area contributed by atoms with E-state index in [9.17, 15) is 0 Å². The van der Waals surface area contributed by atoms with Crippen molar-refractivity contribution in [1.29, 1.82) is 0 Å². The molecule has 2 saturated carbocycles. The van der Waals surface area contributed by atoms with Crippen LogP contribution < -0.4 is 5.73 Å². The van der Waals surface area contributed by atoms with Crippen molar-refractivity contribution in [2.75, 3.05) is 6.54 Å². The first-order valence-electron chi connectivity index (χ1n) is 8.12. The average Bonchev–Trinajstić information content (AvgIpc) is 3.28. The minimum Gasteiger partial charge on any atom is -0.329 e. The van der Waals surface area contributed by atoms with E-state index in [0.29, 0.717) is 12.6 Å². The maximum atomic E-state index is 6.23. The van der Waals surface area contributed by atoms with Gasteiger partial charge in [0.15, 0.2) is 0 Å². The number of benzene rings is 1. The third-order valence-electron chi connectivity index (χ3n) is 5.24. The third-order valence-corrected chi connectivity index (χ3v) is 5.47. The van der Waals surface area contributed by atoms with Crippen LogP contribution in [0.2, 0.25) is 5.02 Å². The summed E-state index contributed by atoms with van der Waals surface area (Å²) in [7, 11) is 0. The molecule has 2 aliphatic carbocycles. The summed E-state index contributed by atoms with van der Waals surface area (Å²) in [6.07, 6.45) is 8.75. The SMILES string of the molecule is NCC1(c2nc3cc(Cl)ccc3n2C2CC2)CCCCC1. The molecule has 112 valence electrons. The first-order valence-corrected chi connectivity index (χ1v) is 8.49. The molecule has 0 bridgehead atoms. The molecule has 1 aromatic carbocycles. The Labute approximate surface area is 130 Å². The van der Waals surface area contributed by atoms with Gasteiger partial charge in [-0.2, -0.15) is 0 Å². The summed E-state index contributed by atoms with van der Waals surface area (Å²) in [4.78, 5) is 5.00. The van der Waals surface area contributed by atoms with E-state index in [0.717, 1.165) is 10.5 Å². The normalized spacial score (nSPS) is 21.8. The quantitative estimate of drug-likeness (QED) is 0.924. The molecular formula is C17H22ClN3. The number of aromatic nitrogens is 2. The van der Waals surface area contributed by atoms with Gasteiger partial charge < -0.3 is 10.3 Å². The lowest BCUT2D eigenvalue weighted by atomic mass is 9.73. The number of nitrogens with two attached hydrogens (primary N) is 1. The summed E-state index contributed by atoms with van der Waals surface area (Å²) in [5, 5.41) is 0.764. The second-order valence-corrected chi connectivity index (χ2v) is 7.15. The van der Waals surface area contributed by atoms with Gasteiger partial charge in [-0.1, -0.05) is 30.9 Å². The Hall–Kier alpha value is -1.06. The van der Waals surface area contributed by atoms with Crippen molar-refractivity contribution in [3.8, 4) is 0 Å². The average molecular weight is 304 g/mol. The molecule has 0 unspecified atom stereocenters. The van der Waals surface area contributed by atoms with Crippen molar-refractivity contribution in [2.24, 2.45) is 5.73 Å². The summed E-state index contributed by atoms with van der Waals surface area (Å²) in [6.45, 7) is 0.705. The molecule has 2 N–H and O–H groups in total. The standard InChI is InChI=1S/C17H22ClN3/c18-12-4-7-15-14(10-12)20-16(21(15)13-5-6-13)17(11-19)8-2-1-3-9-17/h4,7,10,13H,1-3,5-6,8-9,11,19H2. The minimum atomic E-state index is 0.0757. The summed E-state index contributed by atoms with van der Waals surface area (Å²) in [5.41, 5.74) is 8.57. The Morgan fingerprint density at radius 3 is 2.67 bits per heavy atom. The molecule has 21 heavy (non-hydrogen) atoms. The summed E-state index contributed by atoms with van der Waals surface area (Å²) < 4.78 is 2.48. The predicted octanol–water partition coefficient (Wildman–Crippen LogP) is 4.19. The fraction of sp³-hybridized carbons (Fsp3) is 0.588. The Kier molecular flexibility index (Phi) is 3.23. The molecular weight excluding hydrogens is 282 g/mol. The van der Waals surface area contributed by atoms with E-state index in [4.69, 9.17) is 22.3 Å². The maximum absolute atomic E-state index is 6.23. The molecule has 2 aromatic rings. The van der Waals surface area contributed by atoms with E-state index < -0.39 is 0 Å². The largest absolute Gasteiger partial charge is 0.329 e. The van der Waals surface area contributed by atoms with Gasteiger partial charge in [-0.25, -0.2) is 4.98 Å². The minimum absolute atomic E-state index is 0.0757. The molecule has 1 aromatic heterocycles. The van der Waals surface area contributed by atoms with Gasteiger partial charge >= 0.3 is 0 Å². The fourth-order valence-electron chi connectivity index (χ4n) is 3.90. The van der Waals surface area contributed by atoms with E-state index in [1.54, 1.807) is 0 Å². The first-order chi connectivity index (χ1) is 10.2. The lowest BCUT2D eigenvalue weighted by Crippen LogP contribution is -2.39. The Morgan fingerprint density at radius 1 is 1.24 bits per heavy atom. The van der Waals surface area contributed by atoms with Gasteiger partial charge in [-0.15, -0.1) is 0 Å².